The first-order valence-electron chi connectivity index (χ1n) is 9.60. The van der Waals surface area contributed by atoms with Crippen molar-refractivity contribution in [3.63, 3.8) is 0 Å². The van der Waals surface area contributed by atoms with E-state index in [1.54, 1.807) is 47.5 Å². The lowest BCUT2D eigenvalue weighted by Gasteiger charge is -2.36. The summed E-state index contributed by atoms with van der Waals surface area (Å²) >= 11 is 0. The summed E-state index contributed by atoms with van der Waals surface area (Å²) < 4.78 is 39.2. The summed E-state index contributed by atoms with van der Waals surface area (Å²) in [7, 11) is -4.28. The zero-order chi connectivity index (χ0) is 22.4. The van der Waals surface area contributed by atoms with Crippen LogP contribution in [0.2, 0.25) is 0 Å². The molecule has 0 atom stereocenters. The van der Waals surface area contributed by atoms with Crippen LogP contribution in [-0.2, 0) is 10.0 Å². The molecular formula is C20H22BN3O6S. The molecule has 0 bridgehead atoms. The van der Waals surface area contributed by atoms with E-state index >= 15 is 0 Å². The molecule has 11 heteroatoms. The van der Waals surface area contributed by atoms with Crippen LogP contribution in [0.5, 0.6) is 11.5 Å². The molecule has 0 amide bonds. The summed E-state index contributed by atoms with van der Waals surface area (Å²) in [5.74, 6) is 0.791. The summed E-state index contributed by atoms with van der Waals surface area (Å²) in [6, 6.07) is 11.7. The van der Waals surface area contributed by atoms with Crippen molar-refractivity contribution in [2.45, 2.75) is 25.2 Å². The number of hydrazone groups is 1. The first-order valence-corrected chi connectivity index (χ1v) is 11.0. The van der Waals surface area contributed by atoms with Gasteiger partial charge in [-0.3, -0.25) is 0 Å². The van der Waals surface area contributed by atoms with Gasteiger partial charge in [0.1, 0.15) is 10.6 Å². The molecule has 9 nitrogen and oxygen atoms in total. The van der Waals surface area contributed by atoms with Crippen molar-refractivity contribution < 1.29 is 27.9 Å². The largest absolute Gasteiger partial charge is 0.707 e. The first-order chi connectivity index (χ1) is 14.6. The molecule has 31 heavy (non-hydrogen) atoms. The van der Waals surface area contributed by atoms with Gasteiger partial charge in [0.2, 0.25) is 0 Å². The van der Waals surface area contributed by atoms with Gasteiger partial charge in [0, 0.05) is 17.7 Å². The van der Waals surface area contributed by atoms with Crippen LogP contribution in [0.25, 0.3) is 0 Å². The normalized spacial score (nSPS) is 18.7. The molecule has 162 valence electrons. The number of rotatable bonds is 4. The maximum absolute atomic E-state index is 12.5. The monoisotopic (exact) mass is 443 g/mol. The fourth-order valence-electron chi connectivity index (χ4n) is 3.75. The zero-order valence-electron chi connectivity index (χ0n) is 17.3. The maximum Gasteiger partial charge on any atom is 0.707 e. The molecule has 0 aromatic heterocycles. The third-order valence-electron chi connectivity index (χ3n) is 5.05. The van der Waals surface area contributed by atoms with Gasteiger partial charge in [-0.05, 0) is 42.2 Å². The number of fused-ring (bicyclic) bond motifs is 1. The van der Waals surface area contributed by atoms with Gasteiger partial charge in [-0.15, -0.1) is 4.40 Å². The molecule has 0 aliphatic carbocycles. The molecule has 0 saturated heterocycles. The number of benzene rings is 2. The van der Waals surface area contributed by atoms with E-state index in [2.05, 4.69) is 18.2 Å². The molecule has 0 saturated carbocycles. The number of ether oxygens (including phenoxy) is 1. The smallest absolute Gasteiger partial charge is 0.509 e. The first kappa shape index (κ1) is 21.4. The molecule has 2 N–H and O–H groups in total. The molecule has 0 fully saturated rings. The summed E-state index contributed by atoms with van der Waals surface area (Å²) in [6.45, 7) is 4.64. The average molecular weight is 443 g/mol. The van der Waals surface area contributed by atoms with Gasteiger partial charge in [0.25, 0.3) is 10.0 Å². The number of hydrogen-bond acceptors (Lipinski definition) is 8. The van der Waals surface area contributed by atoms with Crippen molar-refractivity contribution >= 4 is 28.9 Å². The Morgan fingerprint density at radius 1 is 1.13 bits per heavy atom. The van der Waals surface area contributed by atoms with Crippen molar-refractivity contribution in [1.29, 1.82) is 0 Å². The lowest BCUT2D eigenvalue weighted by molar-refractivity contribution is 0.246. The minimum Gasteiger partial charge on any atom is -0.509 e. The number of sulfonamides is 1. The molecule has 4 rings (SSSR count). The Labute approximate surface area is 180 Å². The zero-order valence-corrected chi connectivity index (χ0v) is 18.1. The number of hydrogen-bond donors (Lipinski definition) is 2. The van der Waals surface area contributed by atoms with E-state index in [1.807, 2.05) is 0 Å². The predicted molar refractivity (Wildman–Crippen MR) is 116 cm³/mol. The second kappa shape index (κ2) is 7.67. The van der Waals surface area contributed by atoms with Crippen LogP contribution in [-0.4, -0.2) is 56.0 Å². The fourth-order valence-corrected chi connectivity index (χ4v) is 4.95. The average Bonchev–Trinajstić information content (AvgIpc) is 2.98. The molecular weight excluding hydrogens is 421 g/mol. The standard InChI is InChI=1S/C20H22BN3O6S/c1-20(2)11-15(13-8-9-16(30-21(25)26)17(10-13)29-3)22-24(12-20)19-14-6-4-5-7-18(14)31(27,28)23-19/h4-10,25-26H,11-12H2,1-3H3. The number of amidine groups is 1. The number of methoxy groups -OCH3 is 1. The van der Waals surface area contributed by atoms with Crippen molar-refractivity contribution in [3.8, 4) is 11.5 Å². The van der Waals surface area contributed by atoms with E-state index in [0.717, 1.165) is 11.3 Å². The van der Waals surface area contributed by atoms with E-state index in [4.69, 9.17) is 24.5 Å². The second-order valence-corrected chi connectivity index (χ2v) is 9.71. The van der Waals surface area contributed by atoms with Crippen LogP contribution in [0.15, 0.2) is 56.9 Å². The van der Waals surface area contributed by atoms with Crippen molar-refractivity contribution in [2.75, 3.05) is 13.7 Å². The van der Waals surface area contributed by atoms with Crippen LogP contribution in [0.1, 0.15) is 31.4 Å². The maximum atomic E-state index is 12.5. The lowest BCUT2D eigenvalue weighted by atomic mass is 9.83. The summed E-state index contributed by atoms with van der Waals surface area (Å²) in [4.78, 5) is 0.177. The molecule has 2 aliphatic rings. The molecule has 2 aromatic rings. The Kier molecular flexibility index (Phi) is 5.28. The molecule has 2 aromatic carbocycles. The van der Waals surface area contributed by atoms with Gasteiger partial charge in [-0.1, -0.05) is 26.0 Å². The van der Waals surface area contributed by atoms with E-state index in [9.17, 15) is 8.42 Å². The topological polar surface area (TPSA) is 121 Å². The van der Waals surface area contributed by atoms with E-state index in [0.29, 0.717) is 30.1 Å². The highest BCUT2D eigenvalue weighted by molar-refractivity contribution is 7.90. The Morgan fingerprint density at radius 3 is 2.58 bits per heavy atom. The van der Waals surface area contributed by atoms with Gasteiger partial charge in [0.15, 0.2) is 11.6 Å². The van der Waals surface area contributed by atoms with Crippen molar-refractivity contribution in [1.82, 2.24) is 5.01 Å². The van der Waals surface area contributed by atoms with Gasteiger partial charge in [-0.25, -0.2) is 5.01 Å². The van der Waals surface area contributed by atoms with Crippen LogP contribution in [0, 0.1) is 5.41 Å². The minimum atomic E-state index is -3.76. The third kappa shape index (κ3) is 4.16. The predicted octanol–water partition coefficient (Wildman–Crippen LogP) is 1.63. The molecule has 2 aliphatic heterocycles. The van der Waals surface area contributed by atoms with E-state index < -0.39 is 17.3 Å². The molecule has 0 radical (unpaired) electrons. The van der Waals surface area contributed by atoms with Crippen LogP contribution in [0.3, 0.4) is 0 Å². The third-order valence-corrected chi connectivity index (χ3v) is 6.38. The molecule has 0 spiro atoms. The Hall–Kier alpha value is -2.89. The van der Waals surface area contributed by atoms with Crippen molar-refractivity contribution in [3.05, 3.63) is 53.6 Å². The van der Waals surface area contributed by atoms with Gasteiger partial charge in [-0.2, -0.15) is 13.5 Å². The van der Waals surface area contributed by atoms with E-state index in [1.165, 1.54) is 7.11 Å². The second-order valence-electron chi connectivity index (χ2n) is 8.14. The highest BCUT2D eigenvalue weighted by atomic mass is 32.2. The van der Waals surface area contributed by atoms with Gasteiger partial charge >= 0.3 is 7.32 Å². The molecule has 0 unspecified atom stereocenters. The quantitative estimate of drug-likeness (QED) is 0.689. The van der Waals surface area contributed by atoms with Crippen LogP contribution in [0.4, 0.5) is 0 Å². The van der Waals surface area contributed by atoms with Crippen LogP contribution < -0.4 is 9.39 Å². The Balaban J connectivity index is 1.76. The Bertz CT molecular complexity index is 1190. The lowest BCUT2D eigenvalue weighted by Crippen LogP contribution is -2.41. The summed E-state index contributed by atoms with van der Waals surface area (Å²) in [6.07, 6.45) is 0.636. The molecule has 2 heterocycles. The number of nitrogens with zero attached hydrogens (tertiary/aromatic N) is 3. The van der Waals surface area contributed by atoms with E-state index in [-0.39, 0.29) is 16.1 Å². The van der Waals surface area contributed by atoms with Crippen molar-refractivity contribution in [2.24, 2.45) is 14.9 Å². The summed E-state index contributed by atoms with van der Waals surface area (Å²) in [5, 5.41) is 24.5. The summed E-state index contributed by atoms with van der Waals surface area (Å²) in [5.41, 5.74) is 1.77. The Morgan fingerprint density at radius 2 is 1.87 bits per heavy atom. The van der Waals surface area contributed by atoms with Crippen LogP contribution >= 0.6 is 0 Å². The minimum absolute atomic E-state index is 0.175. The fraction of sp³-hybridized carbons (Fsp3) is 0.300. The SMILES string of the molecule is COc1cc(C2=NN(C3=NS(=O)(=O)c4ccccc43)CC(C)(C)C2)ccc1OB(O)O. The van der Waals surface area contributed by atoms with Gasteiger partial charge < -0.3 is 19.4 Å². The van der Waals surface area contributed by atoms with Gasteiger partial charge in [0.05, 0.1) is 12.8 Å². The highest BCUT2D eigenvalue weighted by Gasteiger charge is 2.37. The highest BCUT2D eigenvalue weighted by Crippen LogP contribution is 2.36.